The van der Waals surface area contributed by atoms with Gasteiger partial charge in [0.05, 0.1) is 6.54 Å². The first-order valence-electron chi connectivity index (χ1n) is 10.2. The predicted molar refractivity (Wildman–Crippen MR) is 121 cm³/mol. The molecule has 0 bridgehead atoms. The summed E-state index contributed by atoms with van der Waals surface area (Å²) in [7, 11) is 1.66. The Morgan fingerprint density at radius 1 is 1.06 bits per heavy atom. The number of thiophene rings is 1. The van der Waals surface area contributed by atoms with Gasteiger partial charge >= 0.3 is 6.03 Å². The van der Waals surface area contributed by atoms with Gasteiger partial charge in [-0.2, -0.15) is 0 Å². The first-order chi connectivity index (χ1) is 15.5. The zero-order valence-electron chi connectivity index (χ0n) is 17.6. The van der Waals surface area contributed by atoms with Gasteiger partial charge in [-0.3, -0.25) is 14.5 Å². The lowest BCUT2D eigenvalue weighted by atomic mass is 10.1. The molecule has 164 valence electrons. The van der Waals surface area contributed by atoms with Crippen molar-refractivity contribution in [2.24, 2.45) is 0 Å². The van der Waals surface area contributed by atoms with Crippen molar-refractivity contribution in [1.29, 1.82) is 0 Å². The fourth-order valence-corrected chi connectivity index (χ4v) is 4.20. The van der Waals surface area contributed by atoms with Crippen LogP contribution in [0, 0.1) is 0 Å². The van der Waals surface area contributed by atoms with Crippen LogP contribution in [0.4, 0.5) is 4.79 Å². The van der Waals surface area contributed by atoms with Gasteiger partial charge in [0, 0.05) is 17.5 Å². The lowest BCUT2D eigenvalue weighted by molar-refractivity contribution is -0.136. The molecule has 1 aliphatic heterocycles. The molecule has 32 heavy (non-hydrogen) atoms. The first kappa shape index (κ1) is 21.6. The summed E-state index contributed by atoms with van der Waals surface area (Å²) < 4.78 is 5.94. The van der Waals surface area contributed by atoms with E-state index in [0.717, 1.165) is 15.3 Å². The Bertz CT molecular complexity index is 1100. The normalized spacial score (nSPS) is 15.5. The number of urea groups is 1. The van der Waals surface area contributed by atoms with Gasteiger partial charge in [-0.25, -0.2) is 4.79 Å². The third kappa shape index (κ3) is 4.81. The summed E-state index contributed by atoms with van der Waals surface area (Å²) in [4.78, 5) is 41.7. The predicted octanol–water partition coefficient (Wildman–Crippen LogP) is 3.58. The number of likely N-dealkylation sites (N-methyl/N-ethyl adjacent to an activating group) is 1. The summed E-state index contributed by atoms with van der Waals surface area (Å²) in [5.41, 5.74) is 1.55. The minimum Gasteiger partial charge on any atom is -0.489 e. The van der Waals surface area contributed by atoms with E-state index in [2.05, 4.69) is 5.32 Å². The second kappa shape index (κ2) is 9.65. The molecule has 1 atom stereocenters. The van der Waals surface area contributed by atoms with E-state index in [4.69, 9.17) is 4.74 Å². The largest absolute Gasteiger partial charge is 0.489 e. The molecule has 1 N–H and O–H groups in total. The molecule has 0 saturated carbocycles. The smallest absolute Gasteiger partial charge is 0.325 e. The Labute approximate surface area is 190 Å². The van der Waals surface area contributed by atoms with Crippen LogP contribution in [0.3, 0.4) is 0 Å². The molecule has 3 aromatic rings. The van der Waals surface area contributed by atoms with Crippen molar-refractivity contribution < 1.29 is 19.1 Å². The SMILES string of the molecule is CN(Cc1cccs1)C(=O)CN1C(=O)N[C@@H](c2ccccc2OCc2ccccc2)C1=O. The molecule has 4 rings (SSSR count). The second-order valence-corrected chi connectivity index (χ2v) is 8.48. The van der Waals surface area contributed by atoms with Crippen LogP contribution in [-0.4, -0.2) is 41.2 Å². The molecule has 0 aliphatic carbocycles. The number of nitrogens with one attached hydrogen (secondary N) is 1. The van der Waals surface area contributed by atoms with E-state index < -0.39 is 18.0 Å². The third-order valence-corrected chi connectivity index (χ3v) is 6.05. The van der Waals surface area contributed by atoms with E-state index in [-0.39, 0.29) is 12.5 Å². The molecule has 8 heteroatoms. The standard InChI is InChI=1S/C24H23N3O4S/c1-26(14-18-10-7-13-32-18)21(28)15-27-23(29)22(25-24(27)30)19-11-5-6-12-20(19)31-16-17-8-3-2-4-9-17/h2-13,22H,14-16H2,1H3,(H,25,30)/t22-/m0/s1. The number of nitrogens with zero attached hydrogens (tertiary/aromatic N) is 2. The minimum absolute atomic E-state index is 0.309. The summed E-state index contributed by atoms with van der Waals surface area (Å²) in [6, 6.07) is 19.2. The molecule has 7 nitrogen and oxygen atoms in total. The minimum atomic E-state index is -0.898. The lowest BCUT2D eigenvalue weighted by Crippen LogP contribution is -2.41. The van der Waals surface area contributed by atoms with Crippen molar-refractivity contribution in [3.05, 3.63) is 88.1 Å². The Morgan fingerprint density at radius 2 is 1.81 bits per heavy atom. The van der Waals surface area contributed by atoms with Crippen molar-refractivity contribution in [1.82, 2.24) is 15.1 Å². The number of hydrogen-bond donors (Lipinski definition) is 1. The van der Waals surface area contributed by atoms with Gasteiger partial charge in [-0.05, 0) is 23.1 Å². The van der Waals surface area contributed by atoms with Crippen molar-refractivity contribution in [3.8, 4) is 5.75 Å². The topological polar surface area (TPSA) is 79.0 Å². The van der Waals surface area contributed by atoms with Gasteiger partial charge in [0.25, 0.3) is 5.91 Å². The Balaban J connectivity index is 1.44. The van der Waals surface area contributed by atoms with Gasteiger partial charge < -0.3 is 15.0 Å². The molecular weight excluding hydrogens is 426 g/mol. The van der Waals surface area contributed by atoms with Crippen molar-refractivity contribution >= 4 is 29.2 Å². The number of rotatable bonds is 8. The quantitative estimate of drug-likeness (QED) is 0.533. The first-order valence-corrected chi connectivity index (χ1v) is 11.0. The van der Waals surface area contributed by atoms with E-state index in [1.807, 2.05) is 53.9 Å². The third-order valence-electron chi connectivity index (χ3n) is 5.19. The van der Waals surface area contributed by atoms with Gasteiger partial charge in [0.1, 0.15) is 24.9 Å². The lowest BCUT2D eigenvalue weighted by Gasteiger charge is -2.20. The van der Waals surface area contributed by atoms with Gasteiger partial charge in [0.15, 0.2) is 0 Å². The zero-order chi connectivity index (χ0) is 22.5. The summed E-state index contributed by atoms with van der Waals surface area (Å²) in [6.07, 6.45) is 0. The van der Waals surface area contributed by atoms with Crippen LogP contribution in [0.25, 0.3) is 0 Å². The van der Waals surface area contributed by atoms with Gasteiger partial charge in [-0.1, -0.05) is 54.6 Å². The highest BCUT2D eigenvalue weighted by molar-refractivity contribution is 7.09. The monoisotopic (exact) mass is 449 g/mol. The number of para-hydroxylation sites is 1. The highest BCUT2D eigenvalue weighted by Crippen LogP contribution is 2.30. The molecule has 1 aromatic heterocycles. The van der Waals surface area contributed by atoms with Crippen LogP contribution in [0.1, 0.15) is 22.0 Å². The average molecular weight is 450 g/mol. The van der Waals surface area contributed by atoms with E-state index in [0.29, 0.717) is 24.5 Å². The van der Waals surface area contributed by atoms with Gasteiger partial charge in [0.2, 0.25) is 5.91 Å². The number of imide groups is 1. The van der Waals surface area contributed by atoms with Crippen molar-refractivity contribution in [2.75, 3.05) is 13.6 Å². The number of carbonyl (C=O) groups excluding carboxylic acids is 3. The van der Waals surface area contributed by atoms with Crippen LogP contribution < -0.4 is 10.1 Å². The second-order valence-electron chi connectivity index (χ2n) is 7.45. The maximum atomic E-state index is 13.0. The fourth-order valence-electron chi connectivity index (χ4n) is 3.45. The summed E-state index contributed by atoms with van der Waals surface area (Å²) >= 11 is 1.55. The summed E-state index contributed by atoms with van der Waals surface area (Å²) in [6.45, 7) is 0.457. The number of amides is 4. The van der Waals surface area contributed by atoms with Gasteiger partial charge in [-0.15, -0.1) is 11.3 Å². The highest BCUT2D eigenvalue weighted by atomic mass is 32.1. The molecule has 0 unspecified atom stereocenters. The molecule has 0 radical (unpaired) electrons. The molecule has 2 aromatic carbocycles. The number of benzene rings is 2. The van der Waals surface area contributed by atoms with E-state index in [1.165, 1.54) is 4.90 Å². The van der Waals surface area contributed by atoms with Crippen LogP contribution in [0.15, 0.2) is 72.1 Å². The average Bonchev–Trinajstić information content (AvgIpc) is 3.42. The van der Waals surface area contributed by atoms with E-state index >= 15 is 0 Å². The van der Waals surface area contributed by atoms with E-state index in [9.17, 15) is 14.4 Å². The van der Waals surface area contributed by atoms with Crippen molar-refractivity contribution in [3.63, 3.8) is 0 Å². The van der Waals surface area contributed by atoms with Crippen molar-refractivity contribution in [2.45, 2.75) is 19.2 Å². The maximum Gasteiger partial charge on any atom is 0.325 e. The summed E-state index contributed by atoms with van der Waals surface area (Å²) in [5.74, 6) is -0.266. The molecule has 0 spiro atoms. The molecule has 2 heterocycles. The Hall–Kier alpha value is -3.65. The molecule has 4 amide bonds. The van der Waals surface area contributed by atoms with Crippen LogP contribution in [-0.2, 0) is 22.7 Å². The highest BCUT2D eigenvalue weighted by Gasteiger charge is 2.41. The molecular formula is C24H23N3O4S. The van der Waals surface area contributed by atoms with Crippen LogP contribution in [0.5, 0.6) is 5.75 Å². The Kier molecular flexibility index (Phi) is 6.51. The van der Waals surface area contributed by atoms with Crippen LogP contribution >= 0.6 is 11.3 Å². The maximum absolute atomic E-state index is 13.0. The molecule has 1 fully saturated rings. The van der Waals surface area contributed by atoms with E-state index in [1.54, 1.807) is 36.6 Å². The number of carbonyl (C=O) groups is 3. The van der Waals surface area contributed by atoms with Crippen LogP contribution in [0.2, 0.25) is 0 Å². The molecule has 1 aliphatic rings. The molecule has 1 saturated heterocycles. The summed E-state index contributed by atoms with van der Waals surface area (Å²) in [5, 5.41) is 4.62. The fraction of sp³-hybridized carbons (Fsp3) is 0.208. The number of ether oxygens (including phenoxy) is 1. The number of hydrogen-bond acceptors (Lipinski definition) is 5. The Morgan fingerprint density at radius 3 is 2.56 bits per heavy atom. The zero-order valence-corrected chi connectivity index (χ0v) is 18.4.